The standard InChI is InChI=1S/C10H14O/c1-6-7(2)10(11)9-5-3-4-8(6)9/h8-9H,3-5H2,1-2H3. The first-order valence-electron chi connectivity index (χ1n) is 4.43. The lowest BCUT2D eigenvalue weighted by atomic mass is 9.95. The lowest BCUT2D eigenvalue weighted by Crippen LogP contribution is -2.10. The number of Topliss-reactive ketones (excluding diaryl/α,β-unsaturated/α-hetero) is 1. The Labute approximate surface area is 67.5 Å². The molecule has 0 spiro atoms. The minimum atomic E-state index is 0.384. The highest BCUT2D eigenvalue weighted by Crippen LogP contribution is 2.44. The number of fused-ring (bicyclic) bond motifs is 1. The Morgan fingerprint density at radius 1 is 1.18 bits per heavy atom. The van der Waals surface area contributed by atoms with Gasteiger partial charge in [-0.3, -0.25) is 4.79 Å². The molecule has 2 atom stereocenters. The van der Waals surface area contributed by atoms with E-state index < -0.39 is 0 Å². The van der Waals surface area contributed by atoms with Crippen LogP contribution in [-0.2, 0) is 4.79 Å². The molecule has 60 valence electrons. The van der Waals surface area contributed by atoms with Crippen LogP contribution in [0.2, 0.25) is 0 Å². The molecular formula is C10H14O. The lowest BCUT2D eigenvalue weighted by Gasteiger charge is -2.07. The van der Waals surface area contributed by atoms with E-state index in [0.29, 0.717) is 17.6 Å². The van der Waals surface area contributed by atoms with Crippen LogP contribution < -0.4 is 0 Å². The zero-order chi connectivity index (χ0) is 8.01. The average Bonchev–Trinajstić information content (AvgIpc) is 2.53. The highest BCUT2D eigenvalue weighted by molar-refractivity contribution is 6.00. The van der Waals surface area contributed by atoms with Crippen molar-refractivity contribution in [3.05, 3.63) is 11.1 Å². The number of rotatable bonds is 0. The molecule has 0 radical (unpaired) electrons. The number of carbonyl (C=O) groups is 1. The Balaban J connectivity index is 2.37. The van der Waals surface area contributed by atoms with Gasteiger partial charge in [0.1, 0.15) is 0 Å². The van der Waals surface area contributed by atoms with Crippen molar-refractivity contribution in [2.45, 2.75) is 33.1 Å². The molecule has 0 amide bonds. The van der Waals surface area contributed by atoms with Gasteiger partial charge in [-0.1, -0.05) is 12.0 Å². The number of allylic oxidation sites excluding steroid dienone is 2. The van der Waals surface area contributed by atoms with Crippen molar-refractivity contribution in [1.29, 1.82) is 0 Å². The van der Waals surface area contributed by atoms with E-state index in [2.05, 4.69) is 6.92 Å². The van der Waals surface area contributed by atoms with Crippen LogP contribution in [0.5, 0.6) is 0 Å². The minimum Gasteiger partial charge on any atom is -0.294 e. The van der Waals surface area contributed by atoms with Crippen LogP contribution in [0.4, 0.5) is 0 Å². The van der Waals surface area contributed by atoms with E-state index in [1.807, 2.05) is 6.92 Å². The summed E-state index contributed by atoms with van der Waals surface area (Å²) in [6, 6.07) is 0. The molecule has 1 heteroatoms. The van der Waals surface area contributed by atoms with Gasteiger partial charge >= 0.3 is 0 Å². The molecule has 0 N–H and O–H groups in total. The van der Waals surface area contributed by atoms with Gasteiger partial charge in [0.25, 0.3) is 0 Å². The third-order valence-electron chi connectivity index (χ3n) is 3.37. The van der Waals surface area contributed by atoms with Gasteiger partial charge in [-0.25, -0.2) is 0 Å². The molecule has 2 aliphatic carbocycles. The van der Waals surface area contributed by atoms with Gasteiger partial charge in [0.2, 0.25) is 0 Å². The number of ketones is 1. The zero-order valence-electron chi connectivity index (χ0n) is 7.18. The van der Waals surface area contributed by atoms with Crippen LogP contribution in [0.3, 0.4) is 0 Å². The zero-order valence-corrected chi connectivity index (χ0v) is 7.18. The SMILES string of the molecule is CC1=C(C)C2CCCC2C1=O. The van der Waals surface area contributed by atoms with Crippen molar-refractivity contribution in [1.82, 2.24) is 0 Å². The van der Waals surface area contributed by atoms with Gasteiger partial charge in [-0.15, -0.1) is 0 Å². The maximum atomic E-state index is 11.5. The molecule has 0 aromatic rings. The molecule has 0 bridgehead atoms. The van der Waals surface area contributed by atoms with Gasteiger partial charge in [0, 0.05) is 5.92 Å². The molecule has 11 heavy (non-hydrogen) atoms. The highest BCUT2D eigenvalue weighted by atomic mass is 16.1. The number of hydrogen-bond donors (Lipinski definition) is 0. The van der Waals surface area contributed by atoms with Crippen LogP contribution in [0.15, 0.2) is 11.1 Å². The summed E-state index contributed by atoms with van der Waals surface area (Å²) in [5.41, 5.74) is 2.43. The summed E-state index contributed by atoms with van der Waals surface area (Å²) in [4.78, 5) is 11.5. The van der Waals surface area contributed by atoms with Gasteiger partial charge in [0.15, 0.2) is 5.78 Å². The van der Waals surface area contributed by atoms with E-state index in [1.165, 1.54) is 18.4 Å². The van der Waals surface area contributed by atoms with Gasteiger partial charge in [-0.05, 0) is 38.2 Å². The molecule has 1 saturated carbocycles. The van der Waals surface area contributed by atoms with Crippen LogP contribution >= 0.6 is 0 Å². The molecule has 0 aliphatic heterocycles. The van der Waals surface area contributed by atoms with Crippen molar-refractivity contribution in [2.75, 3.05) is 0 Å². The normalized spacial score (nSPS) is 36.7. The first-order valence-corrected chi connectivity index (χ1v) is 4.43. The van der Waals surface area contributed by atoms with Crippen molar-refractivity contribution >= 4 is 5.78 Å². The molecular weight excluding hydrogens is 136 g/mol. The Kier molecular flexibility index (Phi) is 1.41. The maximum absolute atomic E-state index is 11.5. The predicted octanol–water partition coefficient (Wildman–Crippen LogP) is 2.32. The van der Waals surface area contributed by atoms with E-state index in [4.69, 9.17) is 0 Å². The van der Waals surface area contributed by atoms with E-state index in [0.717, 1.165) is 12.0 Å². The summed E-state index contributed by atoms with van der Waals surface area (Å²) in [6.45, 7) is 4.11. The fourth-order valence-electron chi connectivity index (χ4n) is 2.54. The minimum absolute atomic E-state index is 0.384. The highest BCUT2D eigenvalue weighted by Gasteiger charge is 2.40. The largest absolute Gasteiger partial charge is 0.294 e. The van der Waals surface area contributed by atoms with Crippen LogP contribution in [-0.4, -0.2) is 5.78 Å². The molecule has 0 aromatic carbocycles. The van der Waals surface area contributed by atoms with Crippen molar-refractivity contribution < 1.29 is 4.79 Å². The molecule has 1 nitrogen and oxygen atoms in total. The van der Waals surface area contributed by atoms with E-state index in [1.54, 1.807) is 0 Å². The lowest BCUT2D eigenvalue weighted by molar-refractivity contribution is -0.118. The Morgan fingerprint density at radius 3 is 2.45 bits per heavy atom. The van der Waals surface area contributed by atoms with Gasteiger partial charge < -0.3 is 0 Å². The summed E-state index contributed by atoms with van der Waals surface area (Å²) < 4.78 is 0. The fourth-order valence-corrected chi connectivity index (χ4v) is 2.54. The summed E-state index contributed by atoms with van der Waals surface area (Å²) >= 11 is 0. The molecule has 0 saturated heterocycles. The van der Waals surface area contributed by atoms with E-state index in [-0.39, 0.29) is 0 Å². The first kappa shape index (κ1) is 7.08. The van der Waals surface area contributed by atoms with Crippen LogP contribution in [0, 0.1) is 11.8 Å². The second-order valence-electron chi connectivity index (χ2n) is 3.82. The maximum Gasteiger partial charge on any atom is 0.162 e. The summed E-state index contributed by atoms with van der Waals surface area (Å²) in [5, 5.41) is 0. The molecule has 2 rings (SSSR count). The van der Waals surface area contributed by atoms with E-state index in [9.17, 15) is 4.79 Å². The summed E-state index contributed by atoms with van der Waals surface area (Å²) in [6.07, 6.45) is 3.64. The van der Waals surface area contributed by atoms with Crippen molar-refractivity contribution in [3.8, 4) is 0 Å². The quantitative estimate of drug-likeness (QED) is 0.518. The molecule has 2 unspecified atom stereocenters. The van der Waals surface area contributed by atoms with Crippen LogP contribution in [0.25, 0.3) is 0 Å². The van der Waals surface area contributed by atoms with Crippen molar-refractivity contribution in [2.24, 2.45) is 11.8 Å². The smallest absolute Gasteiger partial charge is 0.162 e. The Morgan fingerprint density at radius 2 is 1.82 bits per heavy atom. The second-order valence-corrected chi connectivity index (χ2v) is 3.82. The Bertz CT molecular complexity index is 237. The van der Waals surface area contributed by atoms with Gasteiger partial charge in [0.05, 0.1) is 0 Å². The molecule has 0 heterocycles. The van der Waals surface area contributed by atoms with E-state index >= 15 is 0 Å². The van der Waals surface area contributed by atoms with Crippen LogP contribution in [0.1, 0.15) is 33.1 Å². The third-order valence-corrected chi connectivity index (χ3v) is 3.37. The van der Waals surface area contributed by atoms with Gasteiger partial charge in [-0.2, -0.15) is 0 Å². The van der Waals surface area contributed by atoms with Crippen molar-refractivity contribution in [3.63, 3.8) is 0 Å². The fraction of sp³-hybridized carbons (Fsp3) is 0.700. The first-order chi connectivity index (χ1) is 5.22. The molecule has 0 aromatic heterocycles. The topological polar surface area (TPSA) is 17.1 Å². The predicted molar refractivity (Wildman–Crippen MR) is 44.2 cm³/mol. The molecule has 2 aliphatic rings. The third kappa shape index (κ3) is 0.800. The Hall–Kier alpha value is -0.590. The molecule has 1 fully saturated rings. The second kappa shape index (κ2) is 2.20. The average molecular weight is 150 g/mol. The monoisotopic (exact) mass is 150 g/mol. The summed E-state index contributed by atoms with van der Waals surface area (Å²) in [5.74, 6) is 1.45. The summed E-state index contributed by atoms with van der Waals surface area (Å²) in [7, 11) is 0. The number of hydrogen-bond acceptors (Lipinski definition) is 1. The number of carbonyl (C=O) groups excluding carboxylic acids is 1.